The Kier molecular flexibility index (Phi) is 4.36. The molecule has 6 heteroatoms. The van der Waals surface area contributed by atoms with Crippen molar-refractivity contribution < 1.29 is 4.42 Å². The fraction of sp³-hybridized carbons (Fsp3) is 0.105. The second-order valence-corrected chi connectivity index (χ2v) is 5.57. The van der Waals surface area contributed by atoms with Gasteiger partial charge in [0, 0.05) is 37.2 Å². The van der Waals surface area contributed by atoms with Crippen LogP contribution in [-0.4, -0.2) is 19.1 Å². The summed E-state index contributed by atoms with van der Waals surface area (Å²) < 4.78 is 5.80. The number of nitrogens with zero attached hydrogens (tertiary/aromatic N) is 4. The minimum atomic E-state index is 0.00178. The molecule has 0 unspecified atom stereocenters. The second kappa shape index (κ2) is 6.77. The molecule has 0 fully saturated rings. The maximum atomic E-state index is 8.75. The molecule has 0 saturated heterocycles. The minimum absolute atomic E-state index is 0.00178. The molecule has 6 nitrogen and oxygen atoms in total. The zero-order valence-corrected chi connectivity index (χ0v) is 13.8. The monoisotopic (exact) mass is 329 g/mol. The minimum Gasteiger partial charge on any atom is -0.436 e. The van der Waals surface area contributed by atoms with Crippen molar-refractivity contribution in [3.8, 4) is 23.6 Å². The van der Waals surface area contributed by atoms with Gasteiger partial charge in [0.2, 0.25) is 5.89 Å². The lowest BCUT2D eigenvalue weighted by Gasteiger charge is -2.11. The molecule has 3 aromatic rings. The smallest absolute Gasteiger partial charge is 0.227 e. The van der Waals surface area contributed by atoms with E-state index in [0.29, 0.717) is 17.0 Å². The molecule has 122 valence electrons. The number of aromatic nitrogens is 1. The van der Waals surface area contributed by atoms with Crippen LogP contribution in [0.5, 0.6) is 0 Å². The maximum absolute atomic E-state index is 8.75. The fourth-order valence-corrected chi connectivity index (χ4v) is 2.29. The summed E-state index contributed by atoms with van der Waals surface area (Å²) in [5.41, 5.74) is 4.08. The van der Waals surface area contributed by atoms with Crippen LogP contribution in [0.4, 0.5) is 11.4 Å². The third kappa shape index (κ3) is 3.44. The molecule has 0 aliphatic heterocycles. The van der Waals surface area contributed by atoms with E-state index in [1.54, 1.807) is 30.3 Å². The van der Waals surface area contributed by atoms with Crippen LogP contribution in [0.1, 0.15) is 0 Å². The Morgan fingerprint density at radius 2 is 1.84 bits per heavy atom. The molecule has 1 heterocycles. The van der Waals surface area contributed by atoms with Gasteiger partial charge in [0.15, 0.2) is 5.58 Å². The van der Waals surface area contributed by atoms with Gasteiger partial charge in [-0.15, -0.1) is 0 Å². The van der Waals surface area contributed by atoms with Crippen LogP contribution < -0.4 is 10.2 Å². The number of rotatable bonds is 4. The van der Waals surface area contributed by atoms with Crippen LogP contribution in [0, 0.1) is 22.7 Å². The molecule has 0 amide bonds. The van der Waals surface area contributed by atoms with E-state index in [9.17, 15) is 0 Å². The number of fused-ring (bicyclic) bond motifs is 1. The molecule has 2 aromatic carbocycles. The highest BCUT2D eigenvalue weighted by atomic mass is 16.3. The average molecular weight is 329 g/mol. The molecular formula is C19H15N5O. The van der Waals surface area contributed by atoms with Gasteiger partial charge in [-0.2, -0.15) is 10.5 Å². The Labute approximate surface area is 145 Å². The summed E-state index contributed by atoms with van der Waals surface area (Å²) in [5, 5.41) is 20.4. The molecular weight excluding hydrogens is 314 g/mol. The molecule has 0 spiro atoms. The van der Waals surface area contributed by atoms with Crippen LogP contribution in [0.3, 0.4) is 0 Å². The van der Waals surface area contributed by atoms with Crippen molar-refractivity contribution in [1.29, 1.82) is 10.5 Å². The van der Waals surface area contributed by atoms with E-state index in [-0.39, 0.29) is 5.57 Å². The van der Waals surface area contributed by atoms with Crippen LogP contribution in [0.15, 0.2) is 58.7 Å². The predicted molar refractivity (Wildman–Crippen MR) is 96.7 cm³/mol. The standard InChI is InChI=1S/C19H15N5O/c1-24(2)16-6-3-14(4-7-16)19-23-17-9-15(5-8-18(17)25-19)22-12-13(10-20)11-21/h3-9,12,22H,1-2H3. The number of benzene rings is 2. The summed E-state index contributed by atoms with van der Waals surface area (Å²) in [6, 6.07) is 16.9. The highest BCUT2D eigenvalue weighted by molar-refractivity contribution is 5.80. The highest BCUT2D eigenvalue weighted by Crippen LogP contribution is 2.27. The topological polar surface area (TPSA) is 88.9 Å². The van der Waals surface area contributed by atoms with E-state index < -0.39 is 0 Å². The van der Waals surface area contributed by atoms with Crippen molar-refractivity contribution in [2.75, 3.05) is 24.3 Å². The van der Waals surface area contributed by atoms with E-state index in [0.717, 1.165) is 16.9 Å². The normalized spacial score (nSPS) is 9.92. The number of oxazole rings is 1. The number of allylic oxidation sites excluding steroid dienone is 1. The Balaban J connectivity index is 1.89. The van der Waals surface area contributed by atoms with E-state index in [4.69, 9.17) is 14.9 Å². The van der Waals surface area contributed by atoms with Gasteiger partial charge in [0.1, 0.15) is 23.2 Å². The van der Waals surface area contributed by atoms with Crippen molar-refractivity contribution in [1.82, 2.24) is 4.98 Å². The van der Waals surface area contributed by atoms with Gasteiger partial charge in [-0.3, -0.25) is 0 Å². The first-order chi connectivity index (χ1) is 12.1. The largest absolute Gasteiger partial charge is 0.436 e. The summed E-state index contributed by atoms with van der Waals surface area (Å²) in [7, 11) is 3.98. The number of hydrogen-bond acceptors (Lipinski definition) is 6. The molecule has 0 aliphatic rings. The molecule has 25 heavy (non-hydrogen) atoms. The lowest BCUT2D eigenvalue weighted by molar-refractivity contribution is 0.620. The average Bonchev–Trinajstić information content (AvgIpc) is 3.06. The molecule has 0 atom stereocenters. The summed E-state index contributed by atoms with van der Waals surface area (Å²) in [5.74, 6) is 0.544. The number of nitriles is 2. The Morgan fingerprint density at radius 1 is 1.12 bits per heavy atom. The van der Waals surface area contributed by atoms with E-state index in [1.807, 2.05) is 43.3 Å². The molecule has 0 saturated carbocycles. The van der Waals surface area contributed by atoms with Crippen LogP contribution in [0.25, 0.3) is 22.6 Å². The van der Waals surface area contributed by atoms with Gasteiger partial charge in [-0.25, -0.2) is 4.98 Å². The first kappa shape index (κ1) is 16.1. The second-order valence-electron chi connectivity index (χ2n) is 5.57. The van der Waals surface area contributed by atoms with Crippen molar-refractivity contribution in [3.63, 3.8) is 0 Å². The molecule has 1 aromatic heterocycles. The zero-order valence-electron chi connectivity index (χ0n) is 13.8. The van der Waals surface area contributed by atoms with Gasteiger partial charge in [-0.1, -0.05) is 0 Å². The highest BCUT2D eigenvalue weighted by Gasteiger charge is 2.09. The SMILES string of the molecule is CN(C)c1ccc(-c2nc3cc(NC=C(C#N)C#N)ccc3o2)cc1. The van der Waals surface area contributed by atoms with Gasteiger partial charge in [-0.05, 0) is 42.5 Å². The van der Waals surface area contributed by atoms with E-state index >= 15 is 0 Å². The third-order valence-corrected chi connectivity index (χ3v) is 3.64. The number of hydrogen-bond donors (Lipinski definition) is 1. The van der Waals surface area contributed by atoms with Crippen molar-refractivity contribution in [2.24, 2.45) is 0 Å². The summed E-state index contributed by atoms with van der Waals surface area (Å²) >= 11 is 0. The molecule has 0 aliphatic carbocycles. The van der Waals surface area contributed by atoms with Crippen LogP contribution in [-0.2, 0) is 0 Å². The number of nitrogens with one attached hydrogen (secondary N) is 1. The van der Waals surface area contributed by atoms with Crippen LogP contribution in [0.2, 0.25) is 0 Å². The lowest BCUT2D eigenvalue weighted by Crippen LogP contribution is -2.07. The molecule has 0 bridgehead atoms. The Hall–Kier alpha value is -3.77. The Morgan fingerprint density at radius 3 is 2.48 bits per heavy atom. The summed E-state index contributed by atoms with van der Waals surface area (Å²) in [4.78, 5) is 6.54. The summed E-state index contributed by atoms with van der Waals surface area (Å²) in [6.45, 7) is 0. The van der Waals surface area contributed by atoms with Gasteiger partial charge >= 0.3 is 0 Å². The Bertz CT molecular complexity index is 1000. The first-order valence-electron chi connectivity index (χ1n) is 7.56. The fourth-order valence-electron chi connectivity index (χ4n) is 2.29. The van der Waals surface area contributed by atoms with Gasteiger partial charge in [0.05, 0.1) is 0 Å². The predicted octanol–water partition coefficient (Wildman–Crippen LogP) is 3.90. The maximum Gasteiger partial charge on any atom is 0.227 e. The van der Waals surface area contributed by atoms with Crippen molar-refractivity contribution in [2.45, 2.75) is 0 Å². The van der Waals surface area contributed by atoms with E-state index in [1.165, 1.54) is 6.20 Å². The van der Waals surface area contributed by atoms with Crippen LogP contribution >= 0.6 is 0 Å². The third-order valence-electron chi connectivity index (χ3n) is 3.64. The molecule has 1 N–H and O–H groups in total. The van der Waals surface area contributed by atoms with E-state index in [2.05, 4.69) is 10.3 Å². The zero-order chi connectivity index (χ0) is 17.8. The lowest BCUT2D eigenvalue weighted by atomic mass is 10.2. The van der Waals surface area contributed by atoms with Gasteiger partial charge < -0.3 is 14.6 Å². The molecule has 0 radical (unpaired) electrons. The van der Waals surface area contributed by atoms with Gasteiger partial charge in [0.25, 0.3) is 0 Å². The van der Waals surface area contributed by atoms with Crippen molar-refractivity contribution in [3.05, 3.63) is 54.2 Å². The summed E-state index contributed by atoms with van der Waals surface area (Å²) in [6.07, 6.45) is 1.36. The quantitative estimate of drug-likeness (QED) is 0.730. The first-order valence-corrected chi connectivity index (χ1v) is 7.56. The molecule has 3 rings (SSSR count). The number of anilines is 2. The van der Waals surface area contributed by atoms with Crippen molar-refractivity contribution >= 4 is 22.5 Å².